The lowest BCUT2D eigenvalue weighted by Crippen LogP contribution is -2.04. The Hall–Kier alpha value is -0.660. The first-order chi connectivity index (χ1) is 7.95. The lowest BCUT2D eigenvalue weighted by Gasteiger charge is -2.08. The van der Waals surface area contributed by atoms with Gasteiger partial charge in [-0.1, -0.05) is 6.92 Å². The molecule has 0 aliphatic heterocycles. The molecule has 1 rings (SSSR count). The molecule has 0 radical (unpaired) electrons. The summed E-state index contributed by atoms with van der Waals surface area (Å²) in [7, 11) is 0. The summed E-state index contributed by atoms with van der Waals surface area (Å²) in [6.45, 7) is 1.81. The summed E-state index contributed by atoms with van der Waals surface area (Å²) < 4.78 is 13.4. The van der Waals surface area contributed by atoms with Crippen molar-refractivity contribution >= 4 is 33.4 Å². The molecule has 0 spiro atoms. The van der Waals surface area contributed by atoms with Gasteiger partial charge in [0.25, 0.3) is 5.69 Å². The van der Waals surface area contributed by atoms with Crippen molar-refractivity contribution in [2.45, 2.75) is 11.8 Å². The van der Waals surface area contributed by atoms with E-state index in [4.69, 9.17) is 5.11 Å². The van der Waals surface area contributed by atoms with Gasteiger partial charge < -0.3 is 5.11 Å². The zero-order valence-corrected chi connectivity index (χ0v) is 11.4. The summed E-state index contributed by atoms with van der Waals surface area (Å²) >= 11 is 4.08. The molecule has 1 aromatic carbocycles. The molecule has 4 nitrogen and oxygen atoms in total. The van der Waals surface area contributed by atoms with Crippen molar-refractivity contribution in [3.63, 3.8) is 0 Å². The van der Waals surface area contributed by atoms with Gasteiger partial charge in [0.15, 0.2) is 0 Å². The molecule has 0 saturated heterocycles. The molecule has 1 unspecified atom stereocenters. The van der Waals surface area contributed by atoms with Crippen LogP contribution in [0.15, 0.2) is 21.5 Å². The Morgan fingerprint density at radius 3 is 2.82 bits per heavy atom. The van der Waals surface area contributed by atoms with Gasteiger partial charge in [0.2, 0.25) is 0 Å². The highest BCUT2D eigenvalue weighted by Crippen LogP contribution is 2.34. The number of thioether (sulfide) groups is 1. The fraction of sp³-hybridized carbons (Fsp3) is 0.400. The van der Waals surface area contributed by atoms with Crippen LogP contribution in [0.3, 0.4) is 0 Å². The molecule has 0 amide bonds. The van der Waals surface area contributed by atoms with Crippen LogP contribution in [0, 0.1) is 21.8 Å². The van der Waals surface area contributed by atoms with Crippen LogP contribution in [0.1, 0.15) is 6.92 Å². The molecule has 7 heteroatoms. The molecule has 0 aliphatic rings. The number of nitro benzene ring substituents is 1. The number of hydrogen-bond acceptors (Lipinski definition) is 4. The normalized spacial score (nSPS) is 12.5. The van der Waals surface area contributed by atoms with Crippen LogP contribution in [-0.2, 0) is 0 Å². The molecule has 0 aromatic heterocycles. The van der Waals surface area contributed by atoms with Gasteiger partial charge in [-0.15, -0.1) is 11.8 Å². The average molecular weight is 324 g/mol. The maximum Gasteiger partial charge on any atom is 0.284 e. The van der Waals surface area contributed by atoms with Gasteiger partial charge in [-0.3, -0.25) is 10.1 Å². The van der Waals surface area contributed by atoms with E-state index in [0.717, 1.165) is 12.1 Å². The minimum atomic E-state index is -0.545. The molecule has 0 aliphatic carbocycles. The van der Waals surface area contributed by atoms with Gasteiger partial charge in [0.1, 0.15) is 5.82 Å². The van der Waals surface area contributed by atoms with Crippen molar-refractivity contribution in [1.29, 1.82) is 0 Å². The SMILES string of the molecule is CC(CO)CSc1cc(F)c(Br)cc1[N+](=O)[O-]. The van der Waals surface area contributed by atoms with Gasteiger partial charge in [0.05, 0.1) is 14.3 Å². The van der Waals surface area contributed by atoms with Crippen molar-refractivity contribution in [3.8, 4) is 0 Å². The lowest BCUT2D eigenvalue weighted by molar-refractivity contribution is -0.387. The highest BCUT2D eigenvalue weighted by molar-refractivity contribution is 9.10. The molecule has 0 heterocycles. The second-order valence-corrected chi connectivity index (χ2v) is 5.51. The molecule has 0 saturated carbocycles. The summed E-state index contributed by atoms with van der Waals surface area (Å²) in [6, 6.07) is 2.29. The summed E-state index contributed by atoms with van der Waals surface area (Å²) in [5.74, 6) is -0.0284. The fourth-order valence-electron chi connectivity index (χ4n) is 1.06. The van der Waals surface area contributed by atoms with Crippen molar-refractivity contribution in [1.82, 2.24) is 0 Å². The minimum absolute atomic E-state index is 0.000191. The van der Waals surface area contributed by atoms with Crippen molar-refractivity contribution < 1.29 is 14.4 Å². The number of rotatable bonds is 5. The van der Waals surface area contributed by atoms with E-state index in [-0.39, 0.29) is 27.6 Å². The van der Waals surface area contributed by atoms with E-state index < -0.39 is 10.7 Å². The Morgan fingerprint density at radius 1 is 1.65 bits per heavy atom. The highest BCUT2D eigenvalue weighted by Gasteiger charge is 2.18. The summed E-state index contributed by atoms with van der Waals surface area (Å²) in [6.07, 6.45) is 0. The van der Waals surface area contributed by atoms with Crippen LogP contribution in [0.4, 0.5) is 10.1 Å². The molecule has 17 heavy (non-hydrogen) atoms. The predicted octanol–water partition coefficient (Wildman–Crippen LogP) is 3.22. The summed E-state index contributed by atoms with van der Waals surface area (Å²) in [5, 5.41) is 19.7. The molecule has 1 aromatic rings. The van der Waals surface area contributed by atoms with Crippen LogP contribution in [0.2, 0.25) is 0 Å². The number of nitrogens with zero attached hydrogens (tertiary/aromatic N) is 1. The van der Waals surface area contributed by atoms with E-state index in [0.29, 0.717) is 5.75 Å². The van der Waals surface area contributed by atoms with Crippen LogP contribution in [0.25, 0.3) is 0 Å². The number of hydrogen-bond donors (Lipinski definition) is 1. The van der Waals surface area contributed by atoms with Crippen molar-refractivity contribution in [3.05, 3.63) is 32.5 Å². The molecular weight excluding hydrogens is 313 g/mol. The number of halogens is 2. The van der Waals surface area contributed by atoms with Gasteiger partial charge in [-0.2, -0.15) is 0 Å². The molecule has 94 valence electrons. The summed E-state index contributed by atoms with van der Waals surface area (Å²) in [5.41, 5.74) is -0.131. The Morgan fingerprint density at radius 2 is 2.29 bits per heavy atom. The van der Waals surface area contributed by atoms with E-state index in [1.54, 1.807) is 0 Å². The number of nitro groups is 1. The largest absolute Gasteiger partial charge is 0.396 e. The zero-order valence-electron chi connectivity index (χ0n) is 9.02. The first-order valence-corrected chi connectivity index (χ1v) is 6.60. The second kappa shape index (κ2) is 6.32. The minimum Gasteiger partial charge on any atom is -0.396 e. The maximum absolute atomic E-state index is 13.3. The third-order valence-corrected chi connectivity index (χ3v) is 4.01. The van der Waals surface area contributed by atoms with Crippen LogP contribution >= 0.6 is 27.7 Å². The van der Waals surface area contributed by atoms with E-state index >= 15 is 0 Å². The van der Waals surface area contributed by atoms with Gasteiger partial charge in [-0.05, 0) is 27.9 Å². The Balaban J connectivity index is 2.96. The average Bonchev–Trinajstić information content (AvgIpc) is 2.29. The molecular formula is C10H11BrFNO3S. The van der Waals surface area contributed by atoms with Gasteiger partial charge in [-0.25, -0.2) is 4.39 Å². The van der Waals surface area contributed by atoms with E-state index in [1.807, 2.05) is 6.92 Å². The Labute approximate surface area is 110 Å². The van der Waals surface area contributed by atoms with E-state index in [2.05, 4.69) is 15.9 Å². The Bertz CT molecular complexity index is 430. The number of aliphatic hydroxyl groups excluding tert-OH is 1. The quantitative estimate of drug-likeness (QED) is 0.513. The molecule has 0 fully saturated rings. The number of benzene rings is 1. The van der Waals surface area contributed by atoms with Crippen LogP contribution < -0.4 is 0 Å². The van der Waals surface area contributed by atoms with Crippen LogP contribution in [0.5, 0.6) is 0 Å². The van der Waals surface area contributed by atoms with E-state index in [1.165, 1.54) is 11.8 Å². The zero-order chi connectivity index (χ0) is 13.0. The van der Waals surface area contributed by atoms with Crippen molar-refractivity contribution in [2.24, 2.45) is 5.92 Å². The number of aliphatic hydroxyl groups is 1. The van der Waals surface area contributed by atoms with Gasteiger partial charge >= 0.3 is 0 Å². The monoisotopic (exact) mass is 323 g/mol. The van der Waals surface area contributed by atoms with Crippen molar-refractivity contribution in [2.75, 3.05) is 12.4 Å². The standard InChI is InChI=1S/C10H11BrFNO3S/c1-6(4-14)5-17-10-3-8(12)7(11)2-9(10)13(15)16/h2-3,6,14H,4-5H2,1H3. The highest BCUT2D eigenvalue weighted by atomic mass is 79.9. The first kappa shape index (κ1) is 14.4. The summed E-state index contributed by atoms with van der Waals surface area (Å²) in [4.78, 5) is 10.5. The fourth-order valence-corrected chi connectivity index (χ4v) is 2.43. The van der Waals surface area contributed by atoms with E-state index in [9.17, 15) is 14.5 Å². The van der Waals surface area contributed by atoms with Gasteiger partial charge in [0, 0.05) is 18.4 Å². The topological polar surface area (TPSA) is 63.4 Å². The molecule has 1 atom stereocenters. The second-order valence-electron chi connectivity index (χ2n) is 3.59. The predicted molar refractivity (Wildman–Crippen MR) is 67.7 cm³/mol. The molecule has 0 bridgehead atoms. The lowest BCUT2D eigenvalue weighted by atomic mass is 10.2. The smallest absolute Gasteiger partial charge is 0.284 e. The Kier molecular flexibility index (Phi) is 5.35. The maximum atomic E-state index is 13.3. The third kappa shape index (κ3) is 3.93. The molecule has 1 N–H and O–H groups in total. The third-order valence-electron chi connectivity index (χ3n) is 2.03. The first-order valence-electron chi connectivity index (χ1n) is 4.82. The van der Waals surface area contributed by atoms with Crippen LogP contribution in [-0.4, -0.2) is 22.4 Å².